The monoisotopic (exact) mass is 209 g/mol. The van der Waals surface area contributed by atoms with Gasteiger partial charge in [-0.05, 0) is 12.5 Å². The maximum absolute atomic E-state index is 10.4. The highest BCUT2D eigenvalue weighted by Gasteiger charge is 2.09. The van der Waals surface area contributed by atoms with Gasteiger partial charge in [-0.25, -0.2) is 9.97 Å². The molecule has 0 saturated heterocycles. The first-order valence-corrected chi connectivity index (χ1v) is 4.51. The molecule has 14 heavy (non-hydrogen) atoms. The number of aryl methyl sites for hydroxylation is 1. The van der Waals surface area contributed by atoms with Crippen LogP contribution in [-0.2, 0) is 11.3 Å². The molecule has 0 bridgehead atoms. The third kappa shape index (κ3) is 1.28. The molecule has 0 spiro atoms. The number of carbonyl (C=O) groups is 1. The van der Waals surface area contributed by atoms with Crippen molar-refractivity contribution in [3.05, 3.63) is 23.2 Å². The zero-order chi connectivity index (χ0) is 10.1. The second-order valence-electron chi connectivity index (χ2n) is 2.99. The zero-order valence-corrected chi connectivity index (χ0v) is 8.32. The van der Waals surface area contributed by atoms with Gasteiger partial charge in [0, 0.05) is 6.20 Å². The molecule has 0 aromatic carbocycles. The summed E-state index contributed by atoms with van der Waals surface area (Å²) < 4.78 is 1.76. The molecule has 2 rings (SSSR count). The van der Waals surface area contributed by atoms with Crippen LogP contribution in [0.3, 0.4) is 0 Å². The van der Waals surface area contributed by atoms with E-state index in [1.54, 1.807) is 4.57 Å². The molecule has 72 valence electrons. The number of aromatic nitrogens is 3. The normalized spacial score (nSPS) is 10.7. The Morgan fingerprint density at radius 2 is 2.36 bits per heavy atom. The molecule has 0 radical (unpaired) electrons. The molecule has 5 heteroatoms. The van der Waals surface area contributed by atoms with Gasteiger partial charge < -0.3 is 9.36 Å². The van der Waals surface area contributed by atoms with Crippen molar-refractivity contribution in [1.82, 2.24) is 14.5 Å². The predicted molar refractivity (Wildman–Crippen MR) is 53.3 cm³/mol. The van der Waals surface area contributed by atoms with Gasteiger partial charge in [-0.2, -0.15) is 0 Å². The summed E-state index contributed by atoms with van der Waals surface area (Å²) in [5, 5.41) is 1.24. The minimum atomic E-state index is 0.289. The fourth-order valence-corrected chi connectivity index (χ4v) is 1.77. The summed E-state index contributed by atoms with van der Waals surface area (Å²) in [7, 11) is 0. The maximum Gasteiger partial charge on any atom is 0.145 e. The van der Waals surface area contributed by atoms with E-state index in [2.05, 4.69) is 9.97 Å². The topological polar surface area (TPSA) is 47.8 Å². The van der Waals surface area contributed by atoms with Gasteiger partial charge in [0.15, 0.2) is 0 Å². The fourth-order valence-electron chi connectivity index (χ4n) is 1.49. The molecule has 0 aliphatic rings. The second-order valence-corrected chi connectivity index (χ2v) is 3.35. The first kappa shape index (κ1) is 9.15. The third-order valence-electron chi connectivity index (χ3n) is 2.07. The summed E-state index contributed by atoms with van der Waals surface area (Å²) in [5.41, 5.74) is 1.68. The lowest BCUT2D eigenvalue weighted by Gasteiger charge is -1.97. The smallest absolute Gasteiger partial charge is 0.145 e. The van der Waals surface area contributed by atoms with Crippen LogP contribution in [0, 0.1) is 6.92 Å². The van der Waals surface area contributed by atoms with E-state index in [9.17, 15) is 4.79 Å². The quantitative estimate of drug-likeness (QED) is 0.558. The van der Waals surface area contributed by atoms with E-state index in [1.165, 1.54) is 6.33 Å². The summed E-state index contributed by atoms with van der Waals surface area (Å²) in [4.78, 5) is 18.4. The van der Waals surface area contributed by atoms with Crippen molar-refractivity contribution in [3.63, 3.8) is 0 Å². The second kappa shape index (κ2) is 3.38. The van der Waals surface area contributed by atoms with Gasteiger partial charge in [-0.3, -0.25) is 0 Å². The Kier molecular flexibility index (Phi) is 2.21. The van der Waals surface area contributed by atoms with Gasteiger partial charge in [-0.1, -0.05) is 11.6 Å². The van der Waals surface area contributed by atoms with E-state index >= 15 is 0 Å². The van der Waals surface area contributed by atoms with Crippen LogP contribution in [0.15, 0.2) is 12.5 Å². The number of carbonyl (C=O) groups excluding carboxylic acids is 1. The van der Waals surface area contributed by atoms with Gasteiger partial charge in [-0.15, -0.1) is 0 Å². The van der Waals surface area contributed by atoms with E-state index < -0.39 is 0 Å². The van der Waals surface area contributed by atoms with Gasteiger partial charge in [0.2, 0.25) is 0 Å². The lowest BCUT2D eigenvalue weighted by atomic mass is 10.3. The van der Waals surface area contributed by atoms with Crippen LogP contribution in [0.25, 0.3) is 11.0 Å². The van der Waals surface area contributed by atoms with Crippen molar-refractivity contribution < 1.29 is 4.79 Å². The molecule has 0 amide bonds. The Morgan fingerprint density at radius 1 is 1.57 bits per heavy atom. The van der Waals surface area contributed by atoms with Crippen molar-refractivity contribution in [2.45, 2.75) is 13.5 Å². The minimum absolute atomic E-state index is 0.289. The number of hydrogen-bond donors (Lipinski definition) is 0. The average Bonchev–Trinajstić information content (AvgIpc) is 2.46. The van der Waals surface area contributed by atoms with Crippen molar-refractivity contribution >= 4 is 28.9 Å². The number of halogens is 1. The SMILES string of the molecule is Cc1cn(CC=O)c2ncnc(Cl)c12. The standard InChI is InChI=1S/C9H8ClN3O/c1-6-4-13(2-3-14)9-7(6)8(10)11-5-12-9/h3-5H,2H2,1H3. The molecular weight excluding hydrogens is 202 g/mol. The Balaban J connectivity index is 2.77. The molecule has 0 saturated carbocycles. The van der Waals surface area contributed by atoms with E-state index in [-0.39, 0.29) is 6.54 Å². The summed E-state index contributed by atoms with van der Waals surface area (Å²) in [5.74, 6) is 0. The first-order valence-electron chi connectivity index (χ1n) is 4.13. The summed E-state index contributed by atoms with van der Waals surface area (Å²) in [6.45, 7) is 2.20. The average molecular weight is 210 g/mol. The van der Waals surface area contributed by atoms with Crippen LogP contribution < -0.4 is 0 Å². The first-order chi connectivity index (χ1) is 6.74. The zero-order valence-electron chi connectivity index (χ0n) is 7.57. The highest BCUT2D eigenvalue weighted by molar-refractivity contribution is 6.34. The fraction of sp³-hybridized carbons (Fsp3) is 0.222. The van der Waals surface area contributed by atoms with Gasteiger partial charge in [0.1, 0.15) is 23.4 Å². The molecule has 0 atom stereocenters. The number of fused-ring (bicyclic) bond motifs is 1. The van der Waals surface area contributed by atoms with Crippen LogP contribution in [0.2, 0.25) is 5.15 Å². The summed E-state index contributed by atoms with van der Waals surface area (Å²) in [6, 6.07) is 0. The van der Waals surface area contributed by atoms with Crippen LogP contribution in [0.4, 0.5) is 0 Å². The van der Waals surface area contributed by atoms with E-state index in [4.69, 9.17) is 11.6 Å². The Bertz CT molecular complexity index is 492. The van der Waals surface area contributed by atoms with Gasteiger partial charge in [0.05, 0.1) is 11.9 Å². The van der Waals surface area contributed by atoms with E-state index in [1.807, 2.05) is 13.1 Å². The van der Waals surface area contributed by atoms with Crippen LogP contribution in [0.1, 0.15) is 5.56 Å². The number of hydrogen-bond acceptors (Lipinski definition) is 3. The largest absolute Gasteiger partial charge is 0.325 e. The molecule has 4 nitrogen and oxygen atoms in total. The number of nitrogens with zero attached hydrogens (tertiary/aromatic N) is 3. The Labute approximate surface area is 85.5 Å². The van der Waals surface area contributed by atoms with Crippen LogP contribution in [-0.4, -0.2) is 20.8 Å². The molecule has 0 unspecified atom stereocenters. The number of aldehydes is 1. The highest BCUT2D eigenvalue weighted by Crippen LogP contribution is 2.24. The van der Waals surface area contributed by atoms with Gasteiger partial charge >= 0.3 is 0 Å². The van der Waals surface area contributed by atoms with Crippen molar-refractivity contribution in [3.8, 4) is 0 Å². The molecule has 0 aliphatic heterocycles. The van der Waals surface area contributed by atoms with Crippen molar-refractivity contribution in [1.29, 1.82) is 0 Å². The Hall–Kier alpha value is -1.42. The van der Waals surface area contributed by atoms with E-state index in [0.717, 1.165) is 17.2 Å². The van der Waals surface area contributed by atoms with Gasteiger partial charge in [0.25, 0.3) is 0 Å². The minimum Gasteiger partial charge on any atom is -0.325 e. The summed E-state index contributed by atoms with van der Waals surface area (Å²) in [6.07, 6.45) is 4.07. The highest BCUT2D eigenvalue weighted by atomic mass is 35.5. The molecular formula is C9H8ClN3O. The molecule has 0 fully saturated rings. The molecule has 0 aliphatic carbocycles. The lowest BCUT2D eigenvalue weighted by Crippen LogP contribution is -1.98. The van der Waals surface area contributed by atoms with Crippen LogP contribution in [0.5, 0.6) is 0 Å². The lowest BCUT2D eigenvalue weighted by molar-refractivity contribution is -0.108. The molecule has 2 aromatic rings. The molecule has 2 aromatic heterocycles. The predicted octanol–water partition coefficient (Wildman–Crippen LogP) is 1.59. The molecule has 2 heterocycles. The maximum atomic E-state index is 10.4. The molecule has 0 N–H and O–H groups in total. The third-order valence-corrected chi connectivity index (χ3v) is 2.35. The van der Waals surface area contributed by atoms with Crippen molar-refractivity contribution in [2.75, 3.05) is 0 Å². The number of rotatable bonds is 2. The summed E-state index contributed by atoms with van der Waals surface area (Å²) >= 11 is 5.92. The van der Waals surface area contributed by atoms with Crippen molar-refractivity contribution in [2.24, 2.45) is 0 Å². The van der Waals surface area contributed by atoms with E-state index in [0.29, 0.717) is 10.8 Å². The Morgan fingerprint density at radius 3 is 3.07 bits per heavy atom. The van der Waals surface area contributed by atoms with Crippen LogP contribution >= 0.6 is 11.6 Å².